The predicted octanol–water partition coefficient (Wildman–Crippen LogP) is 2.82. The third-order valence-electron chi connectivity index (χ3n) is 4.12. The number of halogens is 1. The van der Waals surface area contributed by atoms with E-state index in [1.165, 1.54) is 12.8 Å². The summed E-state index contributed by atoms with van der Waals surface area (Å²) in [7, 11) is 3.82. The molecule has 18 heavy (non-hydrogen) atoms. The number of nitrogens with zero attached hydrogens (tertiary/aromatic N) is 1. The fraction of sp³-hybridized carbons (Fsp3) is 0.643. The van der Waals surface area contributed by atoms with E-state index >= 15 is 0 Å². The predicted molar refractivity (Wildman–Crippen MR) is 74.0 cm³/mol. The molecule has 1 fully saturated rings. The van der Waals surface area contributed by atoms with Crippen molar-refractivity contribution in [3.8, 4) is 0 Å². The van der Waals surface area contributed by atoms with Gasteiger partial charge in [-0.2, -0.15) is 0 Å². The Hall–Kier alpha value is -0.640. The Morgan fingerprint density at radius 3 is 2.78 bits per heavy atom. The maximum absolute atomic E-state index is 6.19. The molecule has 3 nitrogen and oxygen atoms in total. The lowest BCUT2D eigenvalue weighted by atomic mass is 9.87. The molecule has 0 aliphatic heterocycles. The SMILES string of the molecule is CNC(Cc1ccncc1Cl)C1(OC)CCCC1. The number of pyridine rings is 1. The van der Waals surface area contributed by atoms with E-state index in [2.05, 4.69) is 10.3 Å². The number of hydrogen-bond donors (Lipinski definition) is 1. The van der Waals surface area contributed by atoms with Gasteiger partial charge in [0.15, 0.2) is 0 Å². The summed E-state index contributed by atoms with van der Waals surface area (Å²) in [5, 5.41) is 4.15. The van der Waals surface area contributed by atoms with Crippen molar-refractivity contribution in [2.45, 2.75) is 43.7 Å². The molecule has 1 heterocycles. The van der Waals surface area contributed by atoms with Crippen LogP contribution in [0.3, 0.4) is 0 Å². The fourth-order valence-corrected chi connectivity index (χ4v) is 3.21. The van der Waals surface area contributed by atoms with Crippen LogP contribution >= 0.6 is 11.6 Å². The van der Waals surface area contributed by atoms with Crippen LogP contribution in [0.5, 0.6) is 0 Å². The molecule has 0 radical (unpaired) electrons. The highest BCUT2D eigenvalue weighted by Crippen LogP contribution is 2.37. The average Bonchev–Trinajstić information content (AvgIpc) is 2.88. The molecule has 0 amide bonds. The summed E-state index contributed by atoms with van der Waals surface area (Å²) in [6.45, 7) is 0. The minimum atomic E-state index is -0.0403. The Kier molecular flexibility index (Phi) is 4.60. The smallest absolute Gasteiger partial charge is 0.0834 e. The highest BCUT2D eigenvalue weighted by molar-refractivity contribution is 6.31. The maximum Gasteiger partial charge on any atom is 0.0834 e. The Morgan fingerprint density at radius 2 is 2.22 bits per heavy atom. The van der Waals surface area contributed by atoms with Crippen molar-refractivity contribution < 1.29 is 4.74 Å². The molecular formula is C14H21ClN2O. The summed E-state index contributed by atoms with van der Waals surface area (Å²) in [6, 6.07) is 2.29. The Balaban J connectivity index is 2.16. The van der Waals surface area contributed by atoms with Crippen molar-refractivity contribution >= 4 is 11.6 Å². The van der Waals surface area contributed by atoms with E-state index in [1.807, 2.05) is 20.2 Å². The molecule has 1 aromatic heterocycles. The Morgan fingerprint density at radius 1 is 1.50 bits per heavy atom. The number of aromatic nitrogens is 1. The first-order valence-electron chi connectivity index (χ1n) is 6.52. The van der Waals surface area contributed by atoms with Crippen molar-refractivity contribution in [1.29, 1.82) is 0 Å². The molecule has 0 saturated heterocycles. The van der Waals surface area contributed by atoms with Gasteiger partial charge in [-0.05, 0) is 37.9 Å². The molecule has 1 saturated carbocycles. The van der Waals surface area contributed by atoms with Crippen LogP contribution in [0.25, 0.3) is 0 Å². The first-order chi connectivity index (χ1) is 8.72. The van der Waals surface area contributed by atoms with Crippen molar-refractivity contribution in [3.63, 3.8) is 0 Å². The Bertz CT molecular complexity index is 391. The van der Waals surface area contributed by atoms with E-state index in [0.29, 0.717) is 6.04 Å². The lowest BCUT2D eigenvalue weighted by Crippen LogP contribution is -2.50. The molecule has 1 aromatic rings. The standard InChI is InChI=1S/C14H21ClN2O/c1-16-13(14(18-2)6-3-4-7-14)9-11-5-8-17-10-12(11)15/h5,8,10,13,16H,3-4,6-7,9H2,1-2H3. The van der Waals surface area contributed by atoms with E-state index < -0.39 is 0 Å². The normalized spacial score (nSPS) is 19.9. The lowest BCUT2D eigenvalue weighted by molar-refractivity contribution is -0.0336. The molecule has 0 spiro atoms. The van der Waals surface area contributed by atoms with Crippen LogP contribution in [0.4, 0.5) is 0 Å². The Labute approximate surface area is 114 Å². The first-order valence-corrected chi connectivity index (χ1v) is 6.90. The summed E-state index contributed by atoms with van der Waals surface area (Å²) < 4.78 is 5.84. The van der Waals surface area contributed by atoms with Crippen molar-refractivity contribution in [3.05, 3.63) is 29.0 Å². The minimum absolute atomic E-state index is 0.0403. The minimum Gasteiger partial charge on any atom is -0.377 e. The van der Waals surface area contributed by atoms with Gasteiger partial charge in [0.1, 0.15) is 0 Å². The van der Waals surface area contributed by atoms with Gasteiger partial charge in [0.25, 0.3) is 0 Å². The van der Waals surface area contributed by atoms with Crippen molar-refractivity contribution in [2.24, 2.45) is 0 Å². The van der Waals surface area contributed by atoms with E-state index in [4.69, 9.17) is 16.3 Å². The molecule has 100 valence electrons. The van der Waals surface area contributed by atoms with Crippen molar-refractivity contribution in [1.82, 2.24) is 10.3 Å². The molecule has 4 heteroatoms. The zero-order chi connectivity index (χ0) is 13.0. The van der Waals surface area contributed by atoms with Gasteiger partial charge in [-0.25, -0.2) is 0 Å². The van der Waals surface area contributed by atoms with Crippen LogP contribution in [-0.2, 0) is 11.2 Å². The van der Waals surface area contributed by atoms with Gasteiger partial charge in [0.2, 0.25) is 0 Å². The lowest BCUT2D eigenvalue weighted by Gasteiger charge is -2.36. The summed E-state index contributed by atoms with van der Waals surface area (Å²) in [4.78, 5) is 4.03. The topological polar surface area (TPSA) is 34.2 Å². The number of methoxy groups -OCH3 is 1. The summed E-state index contributed by atoms with van der Waals surface area (Å²) in [6.07, 6.45) is 9.12. The number of likely N-dealkylation sites (N-methyl/N-ethyl adjacent to an activating group) is 1. The molecule has 1 aliphatic carbocycles. The fourth-order valence-electron chi connectivity index (χ4n) is 3.01. The molecule has 1 atom stereocenters. The molecule has 1 unspecified atom stereocenters. The van der Waals surface area contributed by atoms with Gasteiger partial charge in [0.05, 0.1) is 10.6 Å². The van der Waals surface area contributed by atoms with Crippen LogP contribution in [0, 0.1) is 0 Å². The van der Waals surface area contributed by atoms with E-state index in [-0.39, 0.29) is 5.60 Å². The highest BCUT2D eigenvalue weighted by Gasteiger charge is 2.40. The largest absolute Gasteiger partial charge is 0.377 e. The van der Waals surface area contributed by atoms with Gasteiger partial charge in [-0.3, -0.25) is 4.98 Å². The number of hydrogen-bond acceptors (Lipinski definition) is 3. The number of nitrogens with one attached hydrogen (secondary N) is 1. The average molecular weight is 269 g/mol. The zero-order valence-corrected chi connectivity index (χ0v) is 11.8. The quantitative estimate of drug-likeness (QED) is 0.892. The summed E-state index contributed by atoms with van der Waals surface area (Å²) in [5.41, 5.74) is 1.09. The third kappa shape index (κ3) is 2.68. The maximum atomic E-state index is 6.19. The van der Waals surface area contributed by atoms with Gasteiger partial charge >= 0.3 is 0 Å². The summed E-state index contributed by atoms with van der Waals surface area (Å²) in [5.74, 6) is 0. The van der Waals surface area contributed by atoms with E-state index in [9.17, 15) is 0 Å². The zero-order valence-electron chi connectivity index (χ0n) is 11.1. The van der Waals surface area contributed by atoms with Crippen molar-refractivity contribution in [2.75, 3.05) is 14.2 Å². The van der Waals surface area contributed by atoms with Crippen LogP contribution in [0.2, 0.25) is 5.02 Å². The van der Waals surface area contributed by atoms with Gasteiger partial charge in [0, 0.05) is 25.5 Å². The third-order valence-corrected chi connectivity index (χ3v) is 4.46. The summed E-state index contributed by atoms with van der Waals surface area (Å²) >= 11 is 6.19. The molecule has 2 rings (SSSR count). The van der Waals surface area contributed by atoms with Gasteiger partial charge in [-0.15, -0.1) is 0 Å². The second-order valence-electron chi connectivity index (χ2n) is 4.99. The first kappa shape index (κ1) is 13.8. The molecule has 1 N–H and O–H groups in total. The molecule has 1 aliphatic rings. The molecule has 0 aromatic carbocycles. The van der Waals surface area contributed by atoms with Crippen LogP contribution in [0.1, 0.15) is 31.2 Å². The van der Waals surface area contributed by atoms with Gasteiger partial charge in [-0.1, -0.05) is 24.4 Å². The second-order valence-corrected chi connectivity index (χ2v) is 5.40. The monoisotopic (exact) mass is 268 g/mol. The van der Waals surface area contributed by atoms with E-state index in [0.717, 1.165) is 29.8 Å². The van der Waals surface area contributed by atoms with Crippen LogP contribution < -0.4 is 5.32 Å². The van der Waals surface area contributed by atoms with Gasteiger partial charge < -0.3 is 10.1 Å². The van der Waals surface area contributed by atoms with E-state index in [1.54, 1.807) is 12.4 Å². The number of rotatable bonds is 5. The van der Waals surface area contributed by atoms with Crippen LogP contribution in [-0.4, -0.2) is 30.8 Å². The molecular weight excluding hydrogens is 248 g/mol. The number of ether oxygens (including phenoxy) is 1. The highest BCUT2D eigenvalue weighted by atomic mass is 35.5. The molecule has 0 bridgehead atoms. The second kappa shape index (κ2) is 6.00. The van der Waals surface area contributed by atoms with Crippen LogP contribution in [0.15, 0.2) is 18.5 Å².